The smallest absolute Gasteiger partial charge is 0.225 e. The van der Waals surface area contributed by atoms with E-state index >= 15 is 0 Å². The summed E-state index contributed by atoms with van der Waals surface area (Å²) in [5.74, 6) is 0.226. The van der Waals surface area contributed by atoms with Gasteiger partial charge in [-0.2, -0.15) is 5.10 Å². The molecule has 32 heavy (non-hydrogen) atoms. The lowest BCUT2D eigenvalue weighted by Gasteiger charge is -2.42. The second-order valence-electron chi connectivity index (χ2n) is 8.98. The third-order valence-corrected chi connectivity index (χ3v) is 6.70. The van der Waals surface area contributed by atoms with Crippen molar-refractivity contribution in [2.45, 2.75) is 65.0 Å². The minimum Gasteiger partial charge on any atom is -0.372 e. The van der Waals surface area contributed by atoms with E-state index in [1.807, 2.05) is 30.6 Å². The quantitative estimate of drug-likeness (QED) is 0.761. The predicted octanol–water partition coefficient (Wildman–Crippen LogP) is 1.87. The topological polar surface area (TPSA) is 104 Å². The van der Waals surface area contributed by atoms with E-state index in [4.69, 9.17) is 4.74 Å². The summed E-state index contributed by atoms with van der Waals surface area (Å²) in [6.45, 7) is 8.57. The van der Waals surface area contributed by atoms with Gasteiger partial charge in [0.15, 0.2) is 0 Å². The predicted molar refractivity (Wildman–Crippen MR) is 118 cm³/mol. The van der Waals surface area contributed by atoms with Gasteiger partial charge in [0.2, 0.25) is 11.8 Å². The molecule has 2 saturated heterocycles. The Balaban J connectivity index is 1.34. The zero-order valence-electron chi connectivity index (χ0n) is 19.2. The average molecular weight is 441 g/mol. The Kier molecular flexibility index (Phi) is 6.55. The van der Waals surface area contributed by atoms with Gasteiger partial charge in [-0.15, -0.1) is 0 Å². The van der Waals surface area contributed by atoms with Crippen LogP contribution >= 0.6 is 0 Å². The van der Waals surface area contributed by atoms with Gasteiger partial charge in [-0.25, -0.2) is 0 Å². The van der Waals surface area contributed by atoms with Crippen molar-refractivity contribution in [3.8, 4) is 0 Å². The molecule has 2 aliphatic rings. The molecule has 1 spiro atoms. The van der Waals surface area contributed by atoms with Crippen molar-refractivity contribution in [2.75, 3.05) is 26.2 Å². The maximum atomic E-state index is 12.8. The molecule has 0 saturated carbocycles. The first kappa shape index (κ1) is 22.4. The molecule has 4 heterocycles. The zero-order valence-corrected chi connectivity index (χ0v) is 19.2. The normalized spacial score (nSPS) is 18.8. The Bertz CT molecular complexity index is 963. The molecule has 0 bridgehead atoms. The lowest BCUT2D eigenvalue weighted by molar-refractivity contribution is -0.140. The maximum absolute atomic E-state index is 12.8. The lowest BCUT2D eigenvalue weighted by atomic mass is 9.90. The van der Waals surface area contributed by atoms with Gasteiger partial charge in [-0.3, -0.25) is 24.7 Å². The van der Waals surface area contributed by atoms with E-state index < -0.39 is 5.60 Å². The molecule has 4 rings (SSSR count). The van der Waals surface area contributed by atoms with Crippen LogP contribution in [0.4, 0.5) is 0 Å². The number of nitrogens with zero attached hydrogens (tertiary/aromatic N) is 5. The Hall–Kier alpha value is -2.81. The van der Waals surface area contributed by atoms with Gasteiger partial charge in [0.05, 0.1) is 55.0 Å². The molecule has 2 aliphatic heterocycles. The van der Waals surface area contributed by atoms with Gasteiger partial charge < -0.3 is 14.5 Å². The molecule has 0 unspecified atom stereocenters. The Morgan fingerprint density at radius 1 is 1.19 bits per heavy atom. The van der Waals surface area contributed by atoms with E-state index in [0.717, 1.165) is 41.2 Å². The molecule has 0 aliphatic carbocycles. The molecule has 9 heteroatoms. The number of carbonyl (C=O) groups is 2. The van der Waals surface area contributed by atoms with Gasteiger partial charge in [-0.05, 0) is 39.2 Å². The van der Waals surface area contributed by atoms with Gasteiger partial charge >= 0.3 is 0 Å². The lowest BCUT2D eigenvalue weighted by Crippen LogP contribution is -2.53. The fourth-order valence-electron chi connectivity index (χ4n) is 4.46. The highest BCUT2D eigenvalue weighted by Gasteiger charge is 2.41. The van der Waals surface area contributed by atoms with Crippen molar-refractivity contribution in [1.82, 2.24) is 30.0 Å². The van der Waals surface area contributed by atoms with Crippen LogP contribution in [0.3, 0.4) is 0 Å². The summed E-state index contributed by atoms with van der Waals surface area (Å²) in [4.78, 5) is 37.9. The number of hydrogen-bond acceptors (Lipinski definition) is 6. The highest BCUT2D eigenvalue weighted by atomic mass is 16.5. The van der Waals surface area contributed by atoms with Crippen LogP contribution in [0, 0.1) is 20.8 Å². The monoisotopic (exact) mass is 440 g/mol. The summed E-state index contributed by atoms with van der Waals surface area (Å²) >= 11 is 0. The molecule has 9 nitrogen and oxygen atoms in total. The standard InChI is InChI=1S/C23H32N6O3/c1-16-12-25-19(13-24-16)14-29-15-23(32-11-6-22(29)31)7-9-28(10-8-23)21(30)5-4-20-17(2)18(3)26-27-20/h12-13H,4-11,14-15H2,1-3H3,(H,26,27). The fraction of sp³-hybridized carbons (Fsp3) is 0.609. The van der Waals surface area contributed by atoms with E-state index in [2.05, 4.69) is 20.2 Å². The number of hydrogen-bond donors (Lipinski definition) is 1. The van der Waals surface area contributed by atoms with Gasteiger partial charge in [0.1, 0.15) is 0 Å². The van der Waals surface area contributed by atoms with Crippen LogP contribution < -0.4 is 0 Å². The number of aromatic nitrogens is 4. The molecule has 172 valence electrons. The molecule has 2 aromatic heterocycles. The molecule has 2 fully saturated rings. The van der Waals surface area contributed by atoms with Crippen molar-refractivity contribution in [2.24, 2.45) is 0 Å². The van der Waals surface area contributed by atoms with Crippen LogP contribution in [-0.4, -0.2) is 73.6 Å². The summed E-state index contributed by atoms with van der Waals surface area (Å²) in [5.41, 5.74) is 4.36. The number of H-pyrrole nitrogens is 1. The minimum absolute atomic E-state index is 0.0763. The van der Waals surface area contributed by atoms with Crippen molar-refractivity contribution < 1.29 is 14.3 Å². The van der Waals surface area contributed by atoms with Gasteiger partial charge in [0.25, 0.3) is 0 Å². The van der Waals surface area contributed by atoms with Gasteiger partial charge in [0, 0.05) is 37.8 Å². The van der Waals surface area contributed by atoms with Crippen LogP contribution in [0.25, 0.3) is 0 Å². The average Bonchev–Trinajstić information content (AvgIpc) is 3.02. The number of rotatable bonds is 5. The largest absolute Gasteiger partial charge is 0.372 e. The highest BCUT2D eigenvalue weighted by Crippen LogP contribution is 2.31. The Labute approximate surface area is 188 Å². The third-order valence-electron chi connectivity index (χ3n) is 6.70. The number of piperidine rings is 1. The van der Waals surface area contributed by atoms with E-state index in [0.29, 0.717) is 52.0 Å². The summed E-state index contributed by atoms with van der Waals surface area (Å²) in [7, 11) is 0. The van der Waals surface area contributed by atoms with Crippen molar-refractivity contribution in [3.63, 3.8) is 0 Å². The van der Waals surface area contributed by atoms with Crippen molar-refractivity contribution >= 4 is 11.8 Å². The first-order chi connectivity index (χ1) is 15.3. The Morgan fingerprint density at radius 3 is 2.62 bits per heavy atom. The third kappa shape index (κ3) is 4.98. The summed E-state index contributed by atoms with van der Waals surface area (Å²) in [5, 5.41) is 7.28. The summed E-state index contributed by atoms with van der Waals surface area (Å²) in [6, 6.07) is 0. The van der Waals surface area contributed by atoms with Crippen LogP contribution in [0.15, 0.2) is 12.4 Å². The molecule has 0 aromatic carbocycles. The van der Waals surface area contributed by atoms with Gasteiger partial charge in [-0.1, -0.05) is 0 Å². The van der Waals surface area contributed by atoms with Crippen LogP contribution in [0.5, 0.6) is 0 Å². The summed E-state index contributed by atoms with van der Waals surface area (Å²) in [6.07, 6.45) is 6.37. The van der Waals surface area contributed by atoms with E-state index in [-0.39, 0.29) is 11.8 Å². The summed E-state index contributed by atoms with van der Waals surface area (Å²) < 4.78 is 6.21. The van der Waals surface area contributed by atoms with E-state index in [9.17, 15) is 9.59 Å². The SMILES string of the molecule is Cc1cnc(CN2CC3(CCN(C(=O)CCc4n[nH]c(C)c4C)CC3)OCCC2=O)cn1. The molecule has 2 amide bonds. The number of amides is 2. The Morgan fingerprint density at radius 2 is 1.97 bits per heavy atom. The first-order valence-electron chi connectivity index (χ1n) is 11.3. The van der Waals surface area contributed by atoms with Crippen LogP contribution in [0.2, 0.25) is 0 Å². The maximum Gasteiger partial charge on any atom is 0.225 e. The number of likely N-dealkylation sites (tertiary alicyclic amines) is 1. The van der Waals surface area contributed by atoms with Crippen molar-refractivity contribution in [1.29, 1.82) is 0 Å². The molecular weight excluding hydrogens is 408 g/mol. The highest BCUT2D eigenvalue weighted by molar-refractivity contribution is 5.77. The minimum atomic E-state index is -0.406. The van der Waals surface area contributed by atoms with Crippen LogP contribution in [-0.2, 0) is 27.3 Å². The molecule has 0 atom stereocenters. The molecular formula is C23H32N6O3. The second-order valence-corrected chi connectivity index (χ2v) is 8.98. The van der Waals surface area contributed by atoms with E-state index in [1.165, 1.54) is 0 Å². The van der Waals surface area contributed by atoms with E-state index in [1.54, 1.807) is 12.4 Å². The first-order valence-corrected chi connectivity index (χ1v) is 11.3. The number of aryl methyl sites for hydroxylation is 3. The molecule has 1 N–H and O–H groups in total. The number of aromatic amines is 1. The number of nitrogens with one attached hydrogen (secondary N) is 1. The number of ether oxygens (including phenoxy) is 1. The molecule has 2 aromatic rings. The van der Waals surface area contributed by atoms with Crippen LogP contribution in [0.1, 0.15) is 54.0 Å². The fourth-order valence-corrected chi connectivity index (χ4v) is 4.46. The molecule has 0 radical (unpaired) electrons. The number of carbonyl (C=O) groups excluding carboxylic acids is 2. The van der Waals surface area contributed by atoms with Crippen molar-refractivity contribution in [3.05, 3.63) is 40.7 Å². The zero-order chi connectivity index (χ0) is 22.7. The second kappa shape index (κ2) is 9.36.